The number of halogens is 2. The second-order valence-electron chi connectivity index (χ2n) is 8.52. The molecule has 0 saturated carbocycles. The predicted octanol–water partition coefficient (Wildman–Crippen LogP) is 4.26. The van der Waals surface area contributed by atoms with E-state index in [2.05, 4.69) is 32.5 Å². The van der Waals surface area contributed by atoms with Gasteiger partial charge in [0.1, 0.15) is 11.6 Å². The second kappa shape index (κ2) is 8.43. The molecule has 0 spiro atoms. The van der Waals surface area contributed by atoms with E-state index in [1.165, 1.54) is 23.8 Å². The third-order valence-corrected chi connectivity index (χ3v) is 6.35. The van der Waals surface area contributed by atoms with Gasteiger partial charge in [0.05, 0.1) is 16.7 Å². The summed E-state index contributed by atoms with van der Waals surface area (Å²) in [6.07, 6.45) is 4.16. The van der Waals surface area contributed by atoms with E-state index in [4.69, 9.17) is 4.42 Å². The zero-order valence-corrected chi connectivity index (χ0v) is 18.0. The van der Waals surface area contributed by atoms with Crippen molar-refractivity contribution >= 4 is 27.7 Å². The smallest absolute Gasteiger partial charge is 0.406 e. The largest absolute Gasteiger partial charge is 0.417 e. The molecule has 0 radical (unpaired) electrons. The van der Waals surface area contributed by atoms with Gasteiger partial charge >= 0.3 is 5.76 Å². The summed E-state index contributed by atoms with van der Waals surface area (Å²) < 4.78 is 35.0. The van der Waals surface area contributed by atoms with Crippen LogP contribution in [0.4, 0.5) is 14.5 Å². The lowest BCUT2D eigenvalue weighted by Crippen LogP contribution is -2.46. The van der Waals surface area contributed by atoms with Crippen LogP contribution in [-0.2, 0) is 6.54 Å². The molecular weight excluding hydrogens is 414 g/mol. The van der Waals surface area contributed by atoms with Crippen LogP contribution in [0.1, 0.15) is 18.4 Å². The van der Waals surface area contributed by atoms with Crippen LogP contribution < -0.4 is 10.7 Å². The Bertz CT molecular complexity index is 1320. The van der Waals surface area contributed by atoms with E-state index >= 15 is 0 Å². The van der Waals surface area contributed by atoms with Crippen LogP contribution in [0.25, 0.3) is 22.0 Å². The predicted molar refractivity (Wildman–Crippen MR) is 121 cm³/mol. The lowest BCUT2D eigenvalue weighted by atomic mass is 10.2. The Morgan fingerprint density at radius 2 is 1.78 bits per heavy atom. The minimum absolute atomic E-state index is 0.204. The third-order valence-electron chi connectivity index (χ3n) is 6.35. The van der Waals surface area contributed by atoms with E-state index < -0.39 is 5.76 Å². The molecule has 8 heteroatoms. The van der Waals surface area contributed by atoms with Gasteiger partial charge in [0.2, 0.25) is 0 Å². The van der Waals surface area contributed by atoms with E-state index in [0.29, 0.717) is 16.8 Å². The first kappa shape index (κ1) is 20.8. The number of aromatic amines is 1. The fourth-order valence-corrected chi connectivity index (χ4v) is 4.71. The first-order valence-electron chi connectivity index (χ1n) is 11.0. The lowest BCUT2D eigenvalue weighted by molar-refractivity contribution is 0.251. The maximum atomic E-state index is 14.0. The SMILES string of the molecule is Cc1cn(CCCCN2CCN(c3cc(F)cc4[nH]c(=O)oc34)CC2)c2cc(F)ccc12. The molecule has 1 aliphatic rings. The second-order valence-corrected chi connectivity index (χ2v) is 8.52. The van der Waals surface area contributed by atoms with E-state index in [1.54, 1.807) is 6.07 Å². The summed E-state index contributed by atoms with van der Waals surface area (Å²) in [6.45, 7) is 7.12. The Hall–Kier alpha value is -3.13. The molecule has 6 nitrogen and oxygen atoms in total. The van der Waals surface area contributed by atoms with Crippen molar-refractivity contribution in [2.45, 2.75) is 26.3 Å². The maximum Gasteiger partial charge on any atom is 0.417 e. The summed E-state index contributed by atoms with van der Waals surface area (Å²) in [5.74, 6) is -1.16. The van der Waals surface area contributed by atoms with Crippen molar-refractivity contribution in [3.8, 4) is 0 Å². The van der Waals surface area contributed by atoms with E-state index in [-0.39, 0.29) is 11.6 Å². The summed E-state index contributed by atoms with van der Waals surface area (Å²) in [7, 11) is 0. The highest BCUT2D eigenvalue weighted by Gasteiger charge is 2.21. The van der Waals surface area contributed by atoms with Crippen molar-refractivity contribution in [1.29, 1.82) is 0 Å². The van der Waals surface area contributed by atoms with E-state index in [1.807, 2.05) is 6.07 Å². The number of oxazole rings is 1. The van der Waals surface area contributed by atoms with Crippen molar-refractivity contribution in [3.63, 3.8) is 0 Å². The van der Waals surface area contributed by atoms with Crippen LogP contribution in [0.2, 0.25) is 0 Å². The van der Waals surface area contributed by atoms with Crippen LogP contribution in [0, 0.1) is 18.6 Å². The molecule has 0 atom stereocenters. The number of aryl methyl sites for hydroxylation is 2. The molecule has 4 aromatic rings. The van der Waals surface area contributed by atoms with Crippen molar-refractivity contribution < 1.29 is 13.2 Å². The van der Waals surface area contributed by atoms with Gasteiger partial charge in [0, 0.05) is 56.4 Å². The maximum absolute atomic E-state index is 14.0. The van der Waals surface area contributed by atoms with Crippen molar-refractivity contribution in [3.05, 3.63) is 64.3 Å². The van der Waals surface area contributed by atoms with E-state index in [0.717, 1.165) is 63.0 Å². The molecule has 1 fully saturated rings. The van der Waals surface area contributed by atoms with Crippen LogP contribution in [-0.4, -0.2) is 47.2 Å². The monoisotopic (exact) mass is 440 g/mol. The quantitative estimate of drug-likeness (QED) is 0.455. The number of unbranched alkanes of at least 4 members (excludes halogenated alkanes) is 1. The molecule has 3 heterocycles. The summed E-state index contributed by atoms with van der Waals surface area (Å²) in [4.78, 5) is 18.5. The zero-order chi connectivity index (χ0) is 22.2. The van der Waals surface area contributed by atoms with Crippen molar-refractivity contribution in [2.24, 2.45) is 0 Å². The fourth-order valence-electron chi connectivity index (χ4n) is 4.71. The summed E-state index contributed by atoms with van der Waals surface area (Å²) in [6, 6.07) is 7.68. The molecule has 0 unspecified atom stereocenters. The Morgan fingerprint density at radius 1 is 1.00 bits per heavy atom. The van der Waals surface area contributed by atoms with Gasteiger partial charge in [-0.2, -0.15) is 0 Å². The highest BCUT2D eigenvalue weighted by Crippen LogP contribution is 2.28. The molecular formula is C24H26F2N4O2. The first-order chi connectivity index (χ1) is 15.5. The number of nitrogens with zero attached hydrogens (tertiary/aromatic N) is 3. The van der Waals surface area contributed by atoms with Gasteiger partial charge in [-0.25, -0.2) is 13.6 Å². The molecule has 5 rings (SSSR count). The standard InChI is InChI=1S/C24H26F2N4O2/c1-16-15-30(21-13-17(25)4-5-19(16)21)7-3-2-6-28-8-10-29(11-9-28)22-14-18(26)12-20-23(22)32-24(31)27-20/h4-5,12-15H,2-3,6-11H2,1H3,(H,27,31). The number of hydrogen-bond acceptors (Lipinski definition) is 4. The summed E-state index contributed by atoms with van der Waals surface area (Å²) >= 11 is 0. The van der Waals surface area contributed by atoms with Crippen LogP contribution in [0.3, 0.4) is 0 Å². The number of hydrogen-bond donors (Lipinski definition) is 1. The molecule has 0 bridgehead atoms. The van der Waals surface area contributed by atoms with Gasteiger partial charge in [-0.1, -0.05) is 0 Å². The molecule has 0 aliphatic carbocycles. The molecule has 2 aromatic carbocycles. The normalized spacial score (nSPS) is 15.3. The first-order valence-corrected chi connectivity index (χ1v) is 11.0. The number of rotatable bonds is 6. The minimum atomic E-state index is -0.570. The molecule has 0 amide bonds. The number of nitrogens with one attached hydrogen (secondary N) is 1. The highest BCUT2D eigenvalue weighted by molar-refractivity contribution is 5.86. The fraction of sp³-hybridized carbons (Fsp3) is 0.375. The van der Waals surface area contributed by atoms with Crippen LogP contribution in [0.5, 0.6) is 0 Å². The van der Waals surface area contributed by atoms with Gasteiger partial charge in [-0.15, -0.1) is 0 Å². The van der Waals surface area contributed by atoms with Gasteiger partial charge in [0.15, 0.2) is 5.58 Å². The summed E-state index contributed by atoms with van der Waals surface area (Å²) in [5.41, 5.74) is 3.55. The average Bonchev–Trinajstić information content (AvgIpc) is 3.29. The number of piperazine rings is 1. The Balaban J connectivity index is 1.15. The van der Waals surface area contributed by atoms with Gasteiger partial charge in [-0.3, -0.25) is 9.88 Å². The van der Waals surface area contributed by atoms with Gasteiger partial charge < -0.3 is 13.9 Å². The Kier molecular flexibility index (Phi) is 5.46. The highest BCUT2D eigenvalue weighted by atomic mass is 19.1. The molecule has 1 aliphatic heterocycles. The zero-order valence-electron chi connectivity index (χ0n) is 18.0. The van der Waals surface area contributed by atoms with Gasteiger partial charge in [0.25, 0.3) is 0 Å². The summed E-state index contributed by atoms with van der Waals surface area (Å²) in [5, 5.41) is 1.10. The topological polar surface area (TPSA) is 57.4 Å². The number of benzene rings is 2. The van der Waals surface area contributed by atoms with Crippen LogP contribution >= 0.6 is 0 Å². The molecule has 2 aromatic heterocycles. The minimum Gasteiger partial charge on any atom is -0.406 e. The Labute approximate surface area is 184 Å². The van der Waals surface area contributed by atoms with E-state index in [9.17, 15) is 13.6 Å². The average molecular weight is 440 g/mol. The van der Waals surface area contributed by atoms with Crippen molar-refractivity contribution in [2.75, 3.05) is 37.6 Å². The molecule has 1 N–H and O–H groups in total. The van der Waals surface area contributed by atoms with Crippen molar-refractivity contribution in [1.82, 2.24) is 14.5 Å². The molecule has 32 heavy (non-hydrogen) atoms. The number of aromatic nitrogens is 2. The Morgan fingerprint density at radius 3 is 2.59 bits per heavy atom. The van der Waals surface area contributed by atoms with Crippen LogP contribution in [0.15, 0.2) is 45.7 Å². The third kappa shape index (κ3) is 4.02. The lowest BCUT2D eigenvalue weighted by Gasteiger charge is -2.36. The molecule has 1 saturated heterocycles. The number of anilines is 1. The number of fused-ring (bicyclic) bond motifs is 2. The van der Waals surface area contributed by atoms with Gasteiger partial charge in [-0.05, 0) is 50.1 Å². The molecule has 168 valence electrons. The number of H-pyrrole nitrogens is 1.